The first-order chi connectivity index (χ1) is 9.06. The Balaban J connectivity index is 2.11. The van der Waals surface area contributed by atoms with Crippen molar-refractivity contribution in [2.24, 2.45) is 7.05 Å². The quantitative estimate of drug-likeness (QED) is 0.808. The van der Waals surface area contributed by atoms with Crippen LogP contribution in [0.1, 0.15) is 5.69 Å². The van der Waals surface area contributed by atoms with Crippen molar-refractivity contribution < 1.29 is 9.53 Å². The monoisotopic (exact) mass is 258 g/mol. The predicted octanol–water partition coefficient (Wildman–Crippen LogP) is 1.31. The van der Waals surface area contributed by atoms with Crippen LogP contribution in [-0.2, 0) is 11.8 Å². The molecule has 1 aliphatic rings. The highest BCUT2D eigenvalue weighted by Gasteiger charge is 2.18. The second-order valence-corrected chi connectivity index (χ2v) is 4.51. The average molecular weight is 258 g/mol. The van der Waals surface area contributed by atoms with E-state index >= 15 is 0 Å². The minimum absolute atomic E-state index is 0.0596. The summed E-state index contributed by atoms with van der Waals surface area (Å²) in [6.45, 7) is 1.96. The molecule has 1 aromatic carbocycles. The minimum atomic E-state index is -0.147. The first kappa shape index (κ1) is 11.6. The van der Waals surface area contributed by atoms with E-state index in [9.17, 15) is 4.79 Å². The number of imidazole rings is 1. The van der Waals surface area contributed by atoms with Crippen molar-refractivity contribution in [2.45, 2.75) is 6.92 Å². The van der Waals surface area contributed by atoms with Gasteiger partial charge in [-0.3, -0.25) is 4.79 Å². The van der Waals surface area contributed by atoms with Gasteiger partial charge in [0.2, 0.25) is 5.95 Å². The molecule has 6 nitrogen and oxygen atoms in total. The fourth-order valence-electron chi connectivity index (χ4n) is 2.29. The van der Waals surface area contributed by atoms with E-state index < -0.39 is 0 Å². The van der Waals surface area contributed by atoms with E-state index in [1.54, 1.807) is 0 Å². The van der Waals surface area contributed by atoms with Crippen LogP contribution in [0.3, 0.4) is 0 Å². The third-order valence-electron chi connectivity index (χ3n) is 3.19. The lowest BCUT2D eigenvalue weighted by molar-refractivity contribution is -0.118. The van der Waals surface area contributed by atoms with Gasteiger partial charge >= 0.3 is 0 Å². The molecule has 1 aromatic heterocycles. The second kappa shape index (κ2) is 4.01. The number of hydrogen-bond donors (Lipinski definition) is 2. The van der Waals surface area contributed by atoms with Crippen molar-refractivity contribution in [1.82, 2.24) is 9.55 Å². The molecule has 0 aliphatic carbocycles. The summed E-state index contributed by atoms with van der Waals surface area (Å²) in [6.07, 6.45) is 0. The molecule has 2 aromatic rings. The lowest BCUT2D eigenvalue weighted by atomic mass is 10.1. The fraction of sp³-hybridized carbons (Fsp3) is 0.231. The topological polar surface area (TPSA) is 82.2 Å². The molecule has 0 radical (unpaired) electrons. The Morgan fingerprint density at radius 3 is 2.95 bits per heavy atom. The molecule has 6 heteroatoms. The summed E-state index contributed by atoms with van der Waals surface area (Å²) in [5, 5.41) is 2.79. The van der Waals surface area contributed by atoms with Crippen molar-refractivity contribution >= 4 is 17.5 Å². The van der Waals surface area contributed by atoms with Gasteiger partial charge in [0, 0.05) is 12.6 Å². The maximum absolute atomic E-state index is 11.3. The van der Waals surface area contributed by atoms with Gasteiger partial charge in [0.25, 0.3) is 5.91 Å². The van der Waals surface area contributed by atoms with Crippen molar-refractivity contribution in [2.75, 3.05) is 17.7 Å². The summed E-state index contributed by atoms with van der Waals surface area (Å²) in [5.41, 5.74) is 9.19. The van der Waals surface area contributed by atoms with Crippen molar-refractivity contribution in [3.05, 3.63) is 23.9 Å². The number of nitrogens with two attached hydrogens (primary N) is 1. The molecule has 0 fully saturated rings. The van der Waals surface area contributed by atoms with Gasteiger partial charge in [-0.25, -0.2) is 4.98 Å². The Morgan fingerprint density at radius 1 is 1.47 bits per heavy atom. The average Bonchev–Trinajstić information content (AvgIpc) is 2.62. The summed E-state index contributed by atoms with van der Waals surface area (Å²) in [5.74, 6) is 0.993. The number of aromatic nitrogens is 2. The lowest BCUT2D eigenvalue weighted by Gasteiger charge is -2.18. The van der Waals surface area contributed by atoms with E-state index in [2.05, 4.69) is 10.3 Å². The predicted molar refractivity (Wildman–Crippen MR) is 71.9 cm³/mol. The first-order valence-electron chi connectivity index (χ1n) is 5.92. The number of nitrogen functional groups attached to an aromatic ring is 1. The van der Waals surface area contributed by atoms with Crippen LogP contribution in [-0.4, -0.2) is 22.1 Å². The molecule has 3 rings (SSSR count). The maximum atomic E-state index is 11.3. The van der Waals surface area contributed by atoms with Crippen LogP contribution in [0.25, 0.3) is 11.3 Å². The Labute approximate surface area is 110 Å². The van der Waals surface area contributed by atoms with E-state index in [0.29, 0.717) is 17.4 Å². The standard InChI is InChI=1S/C13H14N4O2/c1-7-12(17(2)13(14)15-7)8-3-4-10-9(5-8)16-11(18)6-19-10/h3-5H,6H2,1-2H3,(H2,14,15)(H,16,18). The Bertz CT molecular complexity index is 676. The van der Waals surface area contributed by atoms with Gasteiger partial charge in [0.1, 0.15) is 5.75 Å². The number of anilines is 2. The second-order valence-electron chi connectivity index (χ2n) is 4.51. The smallest absolute Gasteiger partial charge is 0.262 e. The normalized spacial score (nSPS) is 13.7. The summed E-state index contributed by atoms with van der Waals surface area (Å²) in [7, 11) is 1.86. The van der Waals surface area contributed by atoms with Crippen molar-refractivity contribution in [1.29, 1.82) is 0 Å². The molecule has 19 heavy (non-hydrogen) atoms. The van der Waals surface area contributed by atoms with Gasteiger partial charge in [-0.15, -0.1) is 0 Å². The third kappa shape index (κ3) is 1.81. The molecular weight excluding hydrogens is 244 g/mol. The molecule has 0 spiro atoms. The van der Waals surface area contributed by atoms with Crippen LogP contribution in [0, 0.1) is 6.92 Å². The summed E-state index contributed by atoms with van der Waals surface area (Å²) < 4.78 is 7.16. The Hall–Kier alpha value is -2.50. The third-order valence-corrected chi connectivity index (χ3v) is 3.19. The van der Waals surface area contributed by atoms with Crippen LogP contribution >= 0.6 is 0 Å². The molecule has 0 saturated carbocycles. The molecular formula is C13H14N4O2. The van der Waals surface area contributed by atoms with Crippen LogP contribution in [0.2, 0.25) is 0 Å². The summed E-state index contributed by atoms with van der Waals surface area (Å²) in [4.78, 5) is 15.6. The molecule has 0 atom stereocenters. The molecule has 0 saturated heterocycles. The number of nitrogens with one attached hydrogen (secondary N) is 1. The SMILES string of the molecule is Cc1nc(N)n(C)c1-c1ccc2c(c1)NC(=O)CO2. The molecule has 1 amide bonds. The molecule has 0 unspecified atom stereocenters. The molecule has 1 aliphatic heterocycles. The summed E-state index contributed by atoms with van der Waals surface area (Å²) in [6, 6.07) is 5.64. The number of carbonyl (C=O) groups excluding carboxylic acids is 1. The van der Waals surface area contributed by atoms with Crippen LogP contribution in [0.4, 0.5) is 11.6 Å². The number of ether oxygens (including phenoxy) is 1. The highest BCUT2D eigenvalue weighted by Crippen LogP contribution is 2.34. The van der Waals surface area contributed by atoms with Gasteiger partial charge in [0.05, 0.1) is 17.1 Å². The number of nitrogens with zero attached hydrogens (tertiary/aromatic N) is 2. The molecule has 3 N–H and O–H groups in total. The fourth-order valence-corrected chi connectivity index (χ4v) is 2.29. The van der Waals surface area contributed by atoms with Crippen LogP contribution in [0.15, 0.2) is 18.2 Å². The zero-order valence-corrected chi connectivity index (χ0v) is 10.7. The van der Waals surface area contributed by atoms with E-state index in [0.717, 1.165) is 17.0 Å². The van der Waals surface area contributed by atoms with E-state index in [1.165, 1.54) is 0 Å². The van der Waals surface area contributed by atoms with Crippen LogP contribution in [0.5, 0.6) is 5.75 Å². The maximum Gasteiger partial charge on any atom is 0.262 e. The first-order valence-corrected chi connectivity index (χ1v) is 5.92. The lowest BCUT2D eigenvalue weighted by Crippen LogP contribution is -2.25. The Morgan fingerprint density at radius 2 is 2.26 bits per heavy atom. The number of amides is 1. The highest BCUT2D eigenvalue weighted by atomic mass is 16.5. The van der Waals surface area contributed by atoms with Gasteiger partial charge in [-0.2, -0.15) is 0 Å². The molecule has 0 bridgehead atoms. The molecule has 98 valence electrons. The van der Waals surface area contributed by atoms with Crippen molar-refractivity contribution in [3.8, 4) is 17.0 Å². The number of hydrogen-bond acceptors (Lipinski definition) is 4. The van der Waals surface area contributed by atoms with Crippen LogP contribution < -0.4 is 15.8 Å². The number of carbonyl (C=O) groups is 1. The van der Waals surface area contributed by atoms with Gasteiger partial charge in [0.15, 0.2) is 6.61 Å². The Kier molecular flexibility index (Phi) is 2.45. The number of fused-ring (bicyclic) bond motifs is 1. The number of benzene rings is 1. The molecule has 2 heterocycles. The highest BCUT2D eigenvalue weighted by molar-refractivity contribution is 5.96. The largest absolute Gasteiger partial charge is 0.482 e. The van der Waals surface area contributed by atoms with E-state index in [-0.39, 0.29) is 12.5 Å². The number of rotatable bonds is 1. The van der Waals surface area contributed by atoms with E-state index in [4.69, 9.17) is 10.5 Å². The van der Waals surface area contributed by atoms with Gasteiger partial charge < -0.3 is 20.4 Å². The van der Waals surface area contributed by atoms with E-state index in [1.807, 2.05) is 36.7 Å². The number of aryl methyl sites for hydroxylation is 1. The summed E-state index contributed by atoms with van der Waals surface area (Å²) >= 11 is 0. The van der Waals surface area contributed by atoms with Gasteiger partial charge in [-0.05, 0) is 25.1 Å². The minimum Gasteiger partial charge on any atom is -0.482 e. The zero-order valence-electron chi connectivity index (χ0n) is 10.7. The van der Waals surface area contributed by atoms with Gasteiger partial charge in [-0.1, -0.05) is 0 Å². The van der Waals surface area contributed by atoms with Crippen molar-refractivity contribution in [3.63, 3.8) is 0 Å². The zero-order chi connectivity index (χ0) is 13.6.